The number of carbonyl (C=O) groups excluding carboxylic acids is 1. The highest BCUT2D eigenvalue weighted by Crippen LogP contribution is 2.13. The second kappa shape index (κ2) is 8.01. The second-order valence-electron chi connectivity index (χ2n) is 3.89. The van der Waals surface area contributed by atoms with E-state index < -0.39 is 0 Å². The van der Waals surface area contributed by atoms with Crippen LogP contribution in [0.2, 0.25) is 0 Å². The first-order chi connectivity index (χ1) is 8.22. The fourth-order valence-corrected chi connectivity index (χ4v) is 1.97. The molecule has 3 nitrogen and oxygen atoms in total. The monoisotopic (exact) mass is 252 g/mol. The Morgan fingerprint density at radius 2 is 1.82 bits per heavy atom. The molecule has 0 aromatic heterocycles. The number of hydrogen-bond donors (Lipinski definition) is 2. The molecule has 17 heavy (non-hydrogen) atoms. The summed E-state index contributed by atoms with van der Waals surface area (Å²) in [5.41, 5.74) is 1.94. The first-order valence-corrected chi connectivity index (χ1v) is 7.22. The SMILES string of the molecule is CSCCCCNc1ccc(NC(C)=O)cc1. The topological polar surface area (TPSA) is 41.1 Å². The molecule has 1 rings (SSSR count). The highest BCUT2D eigenvalue weighted by Gasteiger charge is 1.96. The number of amides is 1. The van der Waals surface area contributed by atoms with Crippen LogP contribution < -0.4 is 10.6 Å². The summed E-state index contributed by atoms with van der Waals surface area (Å²) in [5, 5.41) is 6.11. The van der Waals surface area contributed by atoms with Gasteiger partial charge in [-0.15, -0.1) is 0 Å². The molecule has 4 heteroatoms. The molecule has 2 N–H and O–H groups in total. The molecule has 0 fully saturated rings. The second-order valence-corrected chi connectivity index (χ2v) is 4.87. The van der Waals surface area contributed by atoms with E-state index >= 15 is 0 Å². The largest absolute Gasteiger partial charge is 0.385 e. The molecule has 0 spiro atoms. The van der Waals surface area contributed by atoms with E-state index in [1.54, 1.807) is 0 Å². The summed E-state index contributed by atoms with van der Waals surface area (Å²) >= 11 is 1.89. The Bertz CT molecular complexity index is 338. The lowest BCUT2D eigenvalue weighted by atomic mass is 10.2. The molecule has 0 saturated heterocycles. The van der Waals surface area contributed by atoms with E-state index in [0.717, 1.165) is 17.9 Å². The smallest absolute Gasteiger partial charge is 0.221 e. The van der Waals surface area contributed by atoms with Crippen molar-refractivity contribution in [1.82, 2.24) is 0 Å². The van der Waals surface area contributed by atoms with Gasteiger partial charge >= 0.3 is 0 Å². The Morgan fingerprint density at radius 3 is 2.41 bits per heavy atom. The zero-order valence-electron chi connectivity index (χ0n) is 10.5. The maximum atomic E-state index is 10.8. The minimum atomic E-state index is -0.0391. The van der Waals surface area contributed by atoms with Crippen molar-refractivity contribution in [2.45, 2.75) is 19.8 Å². The number of carbonyl (C=O) groups is 1. The van der Waals surface area contributed by atoms with Crippen molar-refractivity contribution in [3.05, 3.63) is 24.3 Å². The van der Waals surface area contributed by atoms with Crippen LogP contribution in [0.5, 0.6) is 0 Å². The van der Waals surface area contributed by atoms with Gasteiger partial charge < -0.3 is 10.6 Å². The van der Waals surface area contributed by atoms with Gasteiger partial charge in [0, 0.05) is 24.8 Å². The third kappa shape index (κ3) is 6.22. The maximum Gasteiger partial charge on any atom is 0.221 e. The van der Waals surface area contributed by atoms with Gasteiger partial charge in [-0.1, -0.05) is 0 Å². The van der Waals surface area contributed by atoms with Gasteiger partial charge in [-0.05, 0) is 49.1 Å². The van der Waals surface area contributed by atoms with E-state index in [0.29, 0.717) is 0 Å². The van der Waals surface area contributed by atoms with Gasteiger partial charge in [0.25, 0.3) is 0 Å². The quantitative estimate of drug-likeness (QED) is 0.732. The van der Waals surface area contributed by atoms with Crippen molar-refractivity contribution in [2.24, 2.45) is 0 Å². The number of benzene rings is 1. The van der Waals surface area contributed by atoms with Crippen molar-refractivity contribution < 1.29 is 4.79 Å². The molecule has 0 aliphatic rings. The Hall–Kier alpha value is -1.16. The number of unbranched alkanes of at least 4 members (excludes halogenated alkanes) is 1. The van der Waals surface area contributed by atoms with Gasteiger partial charge in [0.05, 0.1) is 0 Å². The van der Waals surface area contributed by atoms with Crippen LogP contribution in [0.3, 0.4) is 0 Å². The first kappa shape index (κ1) is 13.9. The summed E-state index contributed by atoms with van der Waals surface area (Å²) in [7, 11) is 0. The van der Waals surface area contributed by atoms with E-state index in [-0.39, 0.29) is 5.91 Å². The molecule has 1 aromatic carbocycles. The van der Waals surface area contributed by atoms with Crippen LogP contribution in [0, 0.1) is 0 Å². The van der Waals surface area contributed by atoms with Crippen LogP contribution in [0.25, 0.3) is 0 Å². The third-order valence-electron chi connectivity index (χ3n) is 2.31. The summed E-state index contributed by atoms with van der Waals surface area (Å²) in [6.45, 7) is 2.51. The average Bonchev–Trinajstić information content (AvgIpc) is 2.30. The molecule has 0 atom stereocenters. The zero-order valence-corrected chi connectivity index (χ0v) is 11.3. The predicted molar refractivity (Wildman–Crippen MR) is 76.9 cm³/mol. The van der Waals surface area contributed by atoms with Crippen LogP contribution >= 0.6 is 11.8 Å². The molecule has 0 unspecified atom stereocenters. The number of rotatable bonds is 7. The zero-order chi connectivity index (χ0) is 12.5. The molecule has 0 saturated carbocycles. The van der Waals surface area contributed by atoms with Crippen LogP contribution in [0.4, 0.5) is 11.4 Å². The van der Waals surface area contributed by atoms with E-state index in [1.165, 1.54) is 25.5 Å². The van der Waals surface area contributed by atoms with E-state index in [1.807, 2.05) is 36.0 Å². The molecule has 0 radical (unpaired) electrons. The van der Waals surface area contributed by atoms with Gasteiger partial charge in [-0.3, -0.25) is 4.79 Å². The number of hydrogen-bond acceptors (Lipinski definition) is 3. The maximum absolute atomic E-state index is 10.8. The average molecular weight is 252 g/mol. The summed E-state index contributed by atoms with van der Waals surface area (Å²) < 4.78 is 0. The van der Waals surface area contributed by atoms with Crippen LogP contribution in [0.15, 0.2) is 24.3 Å². The van der Waals surface area contributed by atoms with E-state index in [2.05, 4.69) is 16.9 Å². The lowest BCUT2D eigenvalue weighted by Gasteiger charge is -2.07. The van der Waals surface area contributed by atoms with Crippen LogP contribution in [-0.2, 0) is 4.79 Å². The molecule has 0 heterocycles. The van der Waals surface area contributed by atoms with E-state index in [9.17, 15) is 4.79 Å². The van der Waals surface area contributed by atoms with Gasteiger partial charge in [-0.25, -0.2) is 0 Å². The summed E-state index contributed by atoms with van der Waals surface area (Å²) in [6.07, 6.45) is 4.57. The highest BCUT2D eigenvalue weighted by molar-refractivity contribution is 7.98. The number of anilines is 2. The Kier molecular flexibility index (Phi) is 6.55. The normalized spacial score (nSPS) is 10.0. The Balaban J connectivity index is 2.28. The van der Waals surface area contributed by atoms with Gasteiger partial charge in [-0.2, -0.15) is 11.8 Å². The minimum Gasteiger partial charge on any atom is -0.385 e. The van der Waals surface area contributed by atoms with Gasteiger partial charge in [0.2, 0.25) is 5.91 Å². The standard InChI is InChI=1S/C13H20N2OS/c1-11(16)15-13-7-5-12(6-8-13)14-9-3-4-10-17-2/h5-8,14H,3-4,9-10H2,1-2H3,(H,15,16). The Morgan fingerprint density at radius 1 is 1.18 bits per heavy atom. The first-order valence-electron chi connectivity index (χ1n) is 5.83. The molecule has 0 aliphatic carbocycles. The number of nitrogens with one attached hydrogen (secondary N) is 2. The van der Waals surface area contributed by atoms with Crippen molar-refractivity contribution in [3.8, 4) is 0 Å². The van der Waals surface area contributed by atoms with E-state index in [4.69, 9.17) is 0 Å². The van der Waals surface area contributed by atoms with Crippen molar-refractivity contribution in [3.63, 3.8) is 0 Å². The predicted octanol–water partition coefficient (Wildman–Crippen LogP) is 3.20. The van der Waals surface area contributed by atoms with Gasteiger partial charge in [0.1, 0.15) is 0 Å². The lowest BCUT2D eigenvalue weighted by molar-refractivity contribution is -0.114. The van der Waals surface area contributed by atoms with Crippen LogP contribution in [0.1, 0.15) is 19.8 Å². The molecular formula is C13H20N2OS. The molecule has 1 amide bonds. The molecule has 0 aliphatic heterocycles. The number of thioether (sulfide) groups is 1. The summed E-state index contributed by atoms with van der Waals surface area (Å²) in [4.78, 5) is 10.8. The summed E-state index contributed by atoms with van der Waals surface area (Å²) in [6, 6.07) is 7.79. The molecule has 94 valence electrons. The molecule has 1 aromatic rings. The van der Waals surface area contributed by atoms with Crippen molar-refractivity contribution >= 4 is 29.0 Å². The Labute approximate surface area is 107 Å². The molecule has 0 bridgehead atoms. The van der Waals surface area contributed by atoms with Crippen molar-refractivity contribution in [2.75, 3.05) is 29.2 Å². The highest BCUT2D eigenvalue weighted by atomic mass is 32.2. The van der Waals surface area contributed by atoms with Gasteiger partial charge in [0.15, 0.2) is 0 Å². The van der Waals surface area contributed by atoms with Crippen LogP contribution in [-0.4, -0.2) is 24.5 Å². The lowest BCUT2D eigenvalue weighted by Crippen LogP contribution is -2.06. The van der Waals surface area contributed by atoms with Crippen molar-refractivity contribution in [1.29, 1.82) is 0 Å². The fraction of sp³-hybridized carbons (Fsp3) is 0.462. The molecular weight excluding hydrogens is 232 g/mol. The minimum absolute atomic E-state index is 0.0391. The summed E-state index contributed by atoms with van der Waals surface area (Å²) in [5.74, 6) is 1.19. The third-order valence-corrected chi connectivity index (χ3v) is 3.01. The fourth-order valence-electron chi connectivity index (χ4n) is 1.48.